The Morgan fingerprint density at radius 2 is 1.52 bits per heavy atom. The van der Waals surface area contributed by atoms with Gasteiger partial charge in [-0.1, -0.05) is 18.2 Å². The van der Waals surface area contributed by atoms with Gasteiger partial charge in [0.25, 0.3) is 0 Å². The summed E-state index contributed by atoms with van der Waals surface area (Å²) in [6, 6.07) is 18.2. The van der Waals surface area contributed by atoms with Gasteiger partial charge in [0.1, 0.15) is 11.5 Å². The molecule has 0 bridgehead atoms. The van der Waals surface area contributed by atoms with Crippen molar-refractivity contribution in [1.82, 2.24) is 0 Å². The van der Waals surface area contributed by atoms with Crippen LogP contribution in [0, 0.1) is 0 Å². The molecule has 0 saturated carbocycles. The topological polar surface area (TPSA) is 38.3 Å². The van der Waals surface area contributed by atoms with Crippen LogP contribution < -0.4 is 10.1 Å². The summed E-state index contributed by atoms with van der Waals surface area (Å²) in [5, 5.41) is 3.50. The van der Waals surface area contributed by atoms with Crippen LogP contribution in [0.4, 0.5) is 5.69 Å². The van der Waals surface area contributed by atoms with Gasteiger partial charge in [-0.25, -0.2) is 0 Å². The predicted octanol–water partition coefficient (Wildman–Crippen LogP) is 3.80. The average molecular weight is 301 g/mol. The van der Waals surface area contributed by atoms with Gasteiger partial charge in [-0.3, -0.25) is 4.21 Å². The van der Waals surface area contributed by atoms with Crippen LogP contribution in [0.2, 0.25) is 0 Å². The van der Waals surface area contributed by atoms with Crippen LogP contribution in [0.1, 0.15) is 12.8 Å². The van der Waals surface area contributed by atoms with Crippen LogP contribution in [0.5, 0.6) is 11.5 Å². The number of benzene rings is 2. The molecule has 0 aromatic heterocycles. The maximum atomic E-state index is 11.3. The molecule has 21 heavy (non-hydrogen) atoms. The molecule has 0 aliphatic carbocycles. The number of ether oxygens (including phenoxy) is 1. The molecule has 1 heterocycles. The Hall–Kier alpha value is -1.81. The van der Waals surface area contributed by atoms with Gasteiger partial charge < -0.3 is 10.1 Å². The van der Waals surface area contributed by atoms with E-state index in [1.165, 1.54) is 0 Å². The second-order valence-corrected chi connectivity index (χ2v) is 6.90. The van der Waals surface area contributed by atoms with Crippen LogP contribution >= 0.6 is 0 Å². The summed E-state index contributed by atoms with van der Waals surface area (Å²) in [7, 11) is -0.605. The van der Waals surface area contributed by atoms with E-state index in [-0.39, 0.29) is 0 Å². The van der Waals surface area contributed by atoms with Crippen molar-refractivity contribution in [2.45, 2.75) is 18.9 Å². The standard InChI is InChI=1S/C17H19NO2S/c19-21-12-10-15(11-13-21)18-14-6-8-17(9-7-14)20-16-4-2-1-3-5-16/h1-9,15,18H,10-13H2. The molecule has 2 aromatic rings. The lowest BCUT2D eigenvalue weighted by atomic mass is 10.1. The van der Waals surface area contributed by atoms with E-state index in [1.54, 1.807) is 0 Å². The molecule has 0 spiro atoms. The van der Waals surface area contributed by atoms with Crippen LogP contribution in [0.15, 0.2) is 54.6 Å². The first kappa shape index (κ1) is 14.1. The molecule has 0 amide bonds. The fourth-order valence-corrected chi connectivity index (χ4v) is 3.72. The largest absolute Gasteiger partial charge is 0.457 e. The predicted molar refractivity (Wildman–Crippen MR) is 87.5 cm³/mol. The normalized spacial score (nSPS) is 21.7. The molecule has 1 aliphatic heterocycles. The van der Waals surface area contributed by atoms with Crippen molar-refractivity contribution in [1.29, 1.82) is 0 Å². The summed E-state index contributed by atoms with van der Waals surface area (Å²) in [5.41, 5.74) is 1.09. The van der Waals surface area contributed by atoms with Gasteiger partial charge in [0, 0.05) is 34.0 Å². The first-order chi connectivity index (χ1) is 10.3. The Bertz CT molecular complexity index is 588. The molecule has 4 heteroatoms. The molecule has 110 valence electrons. The number of nitrogens with one attached hydrogen (secondary N) is 1. The van der Waals surface area contributed by atoms with Crippen molar-refractivity contribution >= 4 is 16.5 Å². The summed E-state index contributed by atoms with van der Waals surface area (Å²) in [5.74, 6) is 3.30. The van der Waals surface area contributed by atoms with Gasteiger partial charge in [0.15, 0.2) is 0 Å². The number of anilines is 1. The van der Waals surface area contributed by atoms with E-state index in [0.717, 1.165) is 41.5 Å². The van der Waals surface area contributed by atoms with Gasteiger partial charge in [0.2, 0.25) is 0 Å². The zero-order valence-corrected chi connectivity index (χ0v) is 12.6. The molecule has 1 N–H and O–H groups in total. The third-order valence-electron chi connectivity index (χ3n) is 3.59. The first-order valence-electron chi connectivity index (χ1n) is 7.24. The highest BCUT2D eigenvalue weighted by molar-refractivity contribution is 7.85. The summed E-state index contributed by atoms with van der Waals surface area (Å²) in [6.45, 7) is 0. The van der Waals surface area contributed by atoms with Crippen molar-refractivity contribution in [3.63, 3.8) is 0 Å². The minimum atomic E-state index is -0.605. The van der Waals surface area contributed by atoms with Gasteiger partial charge >= 0.3 is 0 Å². The summed E-state index contributed by atoms with van der Waals surface area (Å²) >= 11 is 0. The highest BCUT2D eigenvalue weighted by Crippen LogP contribution is 2.23. The monoisotopic (exact) mass is 301 g/mol. The highest BCUT2D eigenvalue weighted by Gasteiger charge is 2.17. The molecule has 0 atom stereocenters. The third kappa shape index (κ3) is 4.08. The molecule has 0 radical (unpaired) electrons. The Morgan fingerprint density at radius 1 is 0.905 bits per heavy atom. The minimum Gasteiger partial charge on any atom is -0.457 e. The van der Waals surface area contributed by atoms with Crippen LogP contribution in [-0.2, 0) is 10.8 Å². The van der Waals surface area contributed by atoms with E-state index in [0.29, 0.717) is 6.04 Å². The van der Waals surface area contributed by atoms with Crippen molar-refractivity contribution in [2.24, 2.45) is 0 Å². The summed E-state index contributed by atoms with van der Waals surface area (Å²) in [6.07, 6.45) is 1.96. The SMILES string of the molecule is O=S1CCC(Nc2ccc(Oc3ccccc3)cc2)CC1. The molecule has 1 saturated heterocycles. The molecule has 3 rings (SSSR count). The van der Waals surface area contributed by atoms with Crippen molar-refractivity contribution in [2.75, 3.05) is 16.8 Å². The van der Waals surface area contributed by atoms with Crippen LogP contribution in [0.3, 0.4) is 0 Å². The molecular formula is C17H19NO2S. The van der Waals surface area contributed by atoms with Gasteiger partial charge in [-0.15, -0.1) is 0 Å². The fourth-order valence-electron chi connectivity index (χ4n) is 2.42. The van der Waals surface area contributed by atoms with Crippen molar-refractivity contribution in [3.8, 4) is 11.5 Å². The first-order valence-corrected chi connectivity index (χ1v) is 8.73. The number of hydrogen-bond acceptors (Lipinski definition) is 3. The van der Waals surface area contributed by atoms with Crippen molar-refractivity contribution in [3.05, 3.63) is 54.6 Å². The Balaban J connectivity index is 1.58. The maximum absolute atomic E-state index is 11.3. The van der Waals surface area contributed by atoms with Crippen molar-refractivity contribution < 1.29 is 8.95 Å². The van der Waals surface area contributed by atoms with E-state index in [2.05, 4.69) is 5.32 Å². The number of rotatable bonds is 4. The molecule has 1 aliphatic rings. The summed E-state index contributed by atoms with van der Waals surface area (Å²) < 4.78 is 17.1. The second-order valence-electron chi connectivity index (χ2n) is 5.21. The van der Waals surface area contributed by atoms with Crippen LogP contribution in [-0.4, -0.2) is 21.8 Å². The van der Waals surface area contributed by atoms with Gasteiger partial charge in [-0.2, -0.15) is 0 Å². The Kier molecular flexibility index (Phi) is 4.55. The number of hydrogen-bond donors (Lipinski definition) is 1. The summed E-state index contributed by atoms with van der Waals surface area (Å²) in [4.78, 5) is 0. The van der Waals surface area contributed by atoms with Gasteiger partial charge in [-0.05, 0) is 49.2 Å². The fraction of sp³-hybridized carbons (Fsp3) is 0.294. The number of para-hydroxylation sites is 1. The Labute approximate surface area is 127 Å². The van der Waals surface area contributed by atoms with E-state index in [4.69, 9.17) is 4.74 Å². The molecule has 0 unspecified atom stereocenters. The molecular weight excluding hydrogens is 282 g/mol. The molecule has 1 fully saturated rings. The van der Waals surface area contributed by atoms with E-state index in [1.807, 2.05) is 54.6 Å². The quantitative estimate of drug-likeness (QED) is 0.933. The van der Waals surface area contributed by atoms with Crippen LogP contribution in [0.25, 0.3) is 0 Å². The average Bonchev–Trinajstić information content (AvgIpc) is 2.53. The zero-order valence-electron chi connectivity index (χ0n) is 11.8. The zero-order chi connectivity index (χ0) is 14.5. The maximum Gasteiger partial charge on any atom is 0.127 e. The van der Waals surface area contributed by atoms with Gasteiger partial charge in [0.05, 0.1) is 0 Å². The lowest BCUT2D eigenvalue weighted by molar-refractivity contribution is 0.482. The smallest absolute Gasteiger partial charge is 0.127 e. The Morgan fingerprint density at radius 3 is 2.19 bits per heavy atom. The minimum absolute atomic E-state index is 0.434. The lowest BCUT2D eigenvalue weighted by Gasteiger charge is -2.23. The van der Waals surface area contributed by atoms with E-state index >= 15 is 0 Å². The third-order valence-corrected chi connectivity index (χ3v) is 4.97. The second kappa shape index (κ2) is 6.76. The molecule has 2 aromatic carbocycles. The lowest BCUT2D eigenvalue weighted by Crippen LogP contribution is -2.29. The van der Waals surface area contributed by atoms with E-state index in [9.17, 15) is 4.21 Å². The highest BCUT2D eigenvalue weighted by atomic mass is 32.2. The molecule has 3 nitrogen and oxygen atoms in total. The van der Waals surface area contributed by atoms with E-state index < -0.39 is 10.8 Å².